The van der Waals surface area contributed by atoms with Gasteiger partial charge in [0.1, 0.15) is 16.6 Å². The number of hydrogen-bond acceptors (Lipinski definition) is 5. The Hall–Kier alpha value is -0.800. The molecule has 0 aliphatic heterocycles. The van der Waals surface area contributed by atoms with Crippen molar-refractivity contribution in [2.24, 2.45) is 5.73 Å². The minimum Gasteiger partial charge on any atom is -0.492 e. The zero-order chi connectivity index (χ0) is 15.5. The molecule has 5 nitrogen and oxygen atoms in total. The van der Waals surface area contributed by atoms with Crippen molar-refractivity contribution < 1.29 is 13.2 Å². The van der Waals surface area contributed by atoms with E-state index in [0.717, 1.165) is 11.3 Å². The van der Waals surface area contributed by atoms with E-state index in [1.165, 1.54) is 6.07 Å². The van der Waals surface area contributed by atoms with E-state index in [4.69, 9.17) is 22.1 Å². The molecule has 0 saturated heterocycles. The summed E-state index contributed by atoms with van der Waals surface area (Å²) >= 11 is 10.1. The van der Waals surface area contributed by atoms with Crippen LogP contribution in [0.2, 0.25) is 5.02 Å². The minimum absolute atomic E-state index is 0.142. The number of anilines is 1. The maximum absolute atomic E-state index is 12.2. The van der Waals surface area contributed by atoms with Gasteiger partial charge in [0, 0.05) is 12.2 Å². The second kappa shape index (κ2) is 6.97. The molecule has 1 aromatic carbocycles. The zero-order valence-corrected chi connectivity index (χ0v) is 14.7. The quantitative estimate of drug-likeness (QED) is 0.764. The van der Waals surface area contributed by atoms with Crippen LogP contribution in [0.4, 0.5) is 5.69 Å². The van der Waals surface area contributed by atoms with Gasteiger partial charge in [-0.1, -0.05) is 11.6 Å². The fourth-order valence-corrected chi connectivity index (χ4v) is 4.92. The molecular weight excluding hydrogens is 400 g/mol. The molecule has 1 aromatic heterocycles. The van der Waals surface area contributed by atoms with Crippen LogP contribution < -0.4 is 15.2 Å². The third-order valence-electron chi connectivity index (χ3n) is 2.38. The Morgan fingerprint density at radius 3 is 2.52 bits per heavy atom. The number of nitrogens with one attached hydrogen (secondary N) is 1. The van der Waals surface area contributed by atoms with E-state index in [1.54, 1.807) is 24.3 Å². The maximum Gasteiger partial charge on any atom is 0.271 e. The van der Waals surface area contributed by atoms with Gasteiger partial charge in [0.2, 0.25) is 0 Å². The summed E-state index contributed by atoms with van der Waals surface area (Å²) in [6.45, 7) is 0.829. The summed E-state index contributed by atoms with van der Waals surface area (Å²) in [5.41, 5.74) is 5.78. The third-order valence-corrected chi connectivity index (χ3v) is 6.71. The largest absolute Gasteiger partial charge is 0.492 e. The van der Waals surface area contributed by atoms with E-state index in [1.807, 2.05) is 0 Å². The molecule has 0 aliphatic rings. The highest BCUT2D eigenvalue weighted by Gasteiger charge is 2.19. The molecule has 3 N–H and O–H groups in total. The number of benzene rings is 1. The lowest BCUT2D eigenvalue weighted by molar-refractivity contribution is 0.328. The number of sulfonamides is 1. The smallest absolute Gasteiger partial charge is 0.271 e. The highest BCUT2D eigenvalue weighted by molar-refractivity contribution is 9.11. The molecule has 21 heavy (non-hydrogen) atoms. The molecule has 0 radical (unpaired) electrons. The molecule has 0 bridgehead atoms. The van der Waals surface area contributed by atoms with Crippen LogP contribution in [0, 0.1) is 0 Å². The second-order valence-electron chi connectivity index (χ2n) is 3.95. The van der Waals surface area contributed by atoms with Crippen molar-refractivity contribution in [1.29, 1.82) is 0 Å². The summed E-state index contributed by atoms with van der Waals surface area (Å²) in [4.78, 5) is 0. The number of thiophene rings is 1. The first-order chi connectivity index (χ1) is 9.92. The Balaban J connectivity index is 2.13. The molecular formula is C12H12BrClN2O3S2. The lowest BCUT2D eigenvalue weighted by atomic mass is 10.3. The first-order valence-electron chi connectivity index (χ1n) is 5.83. The standard InChI is InChI=1S/C12H12BrClN2O3S2/c13-12-10(14)7-11(20-12)21(17,18)16-8-1-3-9(4-2-8)19-6-5-15/h1-4,7,16H,5-6,15H2. The molecule has 0 atom stereocenters. The Morgan fingerprint density at radius 1 is 1.33 bits per heavy atom. The topological polar surface area (TPSA) is 81.4 Å². The molecule has 0 saturated carbocycles. The van der Waals surface area contributed by atoms with Crippen LogP contribution in [-0.4, -0.2) is 21.6 Å². The van der Waals surface area contributed by atoms with Gasteiger partial charge in [-0.25, -0.2) is 8.42 Å². The van der Waals surface area contributed by atoms with E-state index >= 15 is 0 Å². The van der Waals surface area contributed by atoms with Crippen LogP contribution in [0.5, 0.6) is 5.75 Å². The zero-order valence-electron chi connectivity index (χ0n) is 10.7. The van der Waals surface area contributed by atoms with Gasteiger partial charge in [0.15, 0.2) is 0 Å². The summed E-state index contributed by atoms with van der Waals surface area (Å²) in [6, 6.07) is 7.98. The lowest BCUT2D eigenvalue weighted by Gasteiger charge is -2.08. The van der Waals surface area contributed by atoms with Crippen molar-refractivity contribution in [3.05, 3.63) is 39.1 Å². The molecule has 0 spiro atoms. The van der Waals surface area contributed by atoms with Gasteiger partial charge in [-0.05, 0) is 46.3 Å². The normalized spacial score (nSPS) is 11.4. The van der Waals surface area contributed by atoms with Crippen LogP contribution in [0.3, 0.4) is 0 Å². The summed E-state index contributed by atoms with van der Waals surface area (Å²) in [6.07, 6.45) is 0. The molecule has 0 aliphatic carbocycles. The highest BCUT2D eigenvalue weighted by atomic mass is 79.9. The first-order valence-corrected chi connectivity index (χ1v) is 9.30. The van der Waals surface area contributed by atoms with Crippen molar-refractivity contribution in [3.8, 4) is 5.75 Å². The summed E-state index contributed by atoms with van der Waals surface area (Å²) in [7, 11) is -3.65. The average molecular weight is 412 g/mol. The van der Waals surface area contributed by atoms with Gasteiger partial charge in [-0.3, -0.25) is 4.72 Å². The van der Waals surface area contributed by atoms with E-state index in [0.29, 0.717) is 33.4 Å². The van der Waals surface area contributed by atoms with E-state index in [9.17, 15) is 8.42 Å². The molecule has 9 heteroatoms. The fourth-order valence-electron chi connectivity index (χ4n) is 1.46. The molecule has 0 unspecified atom stereocenters. The maximum atomic E-state index is 12.2. The average Bonchev–Trinajstić information content (AvgIpc) is 2.78. The monoisotopic (exact) mass is 410 g/mol. The van der Waals surface area contributed by atoms with Crippen molar-refractivity contribution in [2.75, 3.05) is 17.9 Å². The number of hydrogen-bond donors (Lipinski definition) is 2. The molecule has 114 valence electrons. The third kappa shape index (κ3) is 4.33. The first kappa shape index (κ1) is 16.6. The Labute approximate surface area is 140 Å². The number of ether oxygens (including phenoxy) is 1. The Morgan fingerprint density at radius 2 is 2.00 bits per heavy atom. The van der Waals surface area contributed by atoms with Crippen molar-refractivity contribution in [3.63, 3.8) is 0 Å². The SMILES string of the molecule is NCCOc1ccc(NS(=O)(=O)c2cc(Cl)c(Br)s2)cc1. The Bertz CT molecular complexity index is 697. The molecule has 1 heterocycles. The van der Waals surface area contributed by atoms with Crippen LogP contribution in [-0.2, 0) is 10.0 Å². The number of nitrogens with two attached hydrogens (primary N) is 1. The van der Waals surface area contributed by atoms with Gasteiger partial charge in [-0.2, -0.15) is 0 Å². The van der Waals surface area contributed by atoms with Gasteiger partial charge >= 0.3 is 0 Å². The van der Waals surface area contributed by atoms with Crippen LogP contribution >= 0.6 is 38.9 Å². The minimum atomic E-state index is -3.65. The van der Waals surface area contributed by atoms with Crippen LogP contribution in [0.15, 0.2) is 38.3 Å². The van der Waals surface area contributed by atoms with Crippen molar-refractivity contribution in [1.82, 2.24) is 0 Å². The fraction of sp³-hybridized carbons (Fsp3) is 0.167. The molecule has 0 fully saturated rings. The van der Waals surface area contributed by atoms with Crippen LogP contribution in [0.1, 0.15) is 0 Å². The predicted octanol–water partition coefficient (Wildman–Crippen LogP) is 3.30. The van der Waals surface area contributed by atoms with Gasteiger partial charge in [0.25, 0.3) is 10.0 Å². The highest BCUT2D eigenvalue weighted by Crippen LogP contribution is 2.35. The van der Waals surface area contributed by atoms with E-state index < -0.39 is 10.0 Å². The van der Waals surface area contributed by atoms with Gasteiger partial charge in [0.05, 0.1) is 8.81 Å². The molecule has 2 rings (SSSR count). The van der Waals surface area contributed by atoms with Crippen molar-refractivity contribution >= 4 is 54.6 Å². The van der Waals surface area contributed by atoms with Gasteiger partial charge < -0.3 is 10.5 Å². The summed E-state index contributed by atoms with van der Waals surface area (Å²) in [5, 5.41) is 0.367. The predicted molar refractivity (Wildman–Crippen MR) is 88.8 cm³/mol. The van der Waals surface area contributed by atoms with Gasteiger partial charge in [-0.15, -0.1) is 11.3 Å². The summed E-state index contributed by atoms with van der Waals surface area (Å²) in [5.74, 6) is 0.630. The summed E-state index contributed by atoms with van der Waals surface area (Å²) < 4.78 is 32.9. The number of halogens is 2. The number of rotatable bonds is 6. The van der Waals surface area contributed by atoms with Crippen molar-refractivity contribution in [2.45, 2.75) is 4.21 Å². The van der Waals surface area contributed by atoms with Crippen LogP contribution in [0.25, 0.3) is 0 Å². The molecule has 0 amide bonds. The lowest BCUT2D eigenvalue weighted by Crippen LogP contribution is -2.12. The van der Waals surface area contributed by atoms with E-state index in [-0.39, 0.29) is 4.21 Å². The van der Waals surface area contributed by atoms with E-state index in [2.05, 4.69) is 20.7 Å². The molecule has 2 aromatic rings. The Kier molecular flexibility index (Phi) is 5.50. The second-order valence-corrected chi connectivity index (χ2v) is 8.64.